The van der Waals surface area contributed by atoms with E-state index in [1.807, 2.05) is 0 Å². The number of hydrogen-bond donors (Lipinski definition) is 0. The van der Waals surface area contributed by atoms with Gasteiger partial charge in [-0.05, 0) is 149 Å². The molecule has 336 valence electrons. The van der Waals surface area contributed by atoms with Gasteiger partial charge in [0.25, 0.3) is 0 Å². The maximum Gasteiger partial charge on any atom is 0.0465 e. The lowest BCUT2D eigenvalue weighted by molar-refractivity contribution is 0.353. The molecule has 0 atom stereocenters. The molecule has 1 nitrogen and oxygen atoms in total. The summed E-state index contributed by atoms with van der Waals surface area (Å²) in [5.41, 5.74) is 27.1. The van der Waals surface area contributed by atoms with Crippen LogP contribution in [0.25, 0.3) is 77.9 Å². The van der Waals surface area contributed by atoms with Crippen molar-refractivity contribution in [2.24, 2.45) is 0 Å². The average Bonchev–Trinajstić information content (AvgIpc) is 3.83. The van der Waals surface area contributed by atoms with Crippen LogP contribution in [-0.4, -0.2) is 0 Å². The standard InChI is InChI=1S/C69H55N/c1-68(2)64-24-11-9-21-60(64)63-23-15-22-62(67(63)68)58-19-8-7-18-57(58)53-36-40-55(41-37-53)70(56-42-43-61-59-20-10-12-25-65(59)69(66(61)46-56)44-13-4-14-45-69)54-38-34-52(35-39-54)51-32-30-50(31-33-51)49-28-26-48(27-29-49)47-16-5-3-6-17-47/h3,5-12,15-43,46H,4,13-14,44-45H2,1-2H3. The molecule has 0 radical (unpaired) electrons. The number of benzene rings is 10. The van der Waals surface area contributed by atoms with Crippen LogP contribution in [0.5, 0.6) is 0 Å². The molecular formula is C69H55N. The summed E-state index contributed by atoms with van der Waals surface area (Å²) in [5, 5.41) is 0. The van der Waals surface area contributed by atoms with E-state index in [0.29, 0.717) is 0 Å². The predicted molar refractivity (Wildman–Crippen MR) is 295 cm³/mol. The summed E-state index contributed by atoms with van der Waals surface area (Å²) in [6.07, 6.45) is 6.26. The quantitative estimate of drug-likeness (QED) is 0.147. The summed E-state index contributed by atoms with van der Waals surface area (Å²) >= 11 is 0. The highest BCUT2D eigenvalue weighted by Crippen LogP contribution is 2.57. The molecule has 3 aliphatic rings. The first-order valence-electron chi connectivity index (χ1n) is 25.3. The summed E-state index contributed by atoms with van der Waals surface area (Å²) in [6.45, 7) is 4.77. The van der Waals surface area contributed by atoms with E-state index in [4.69, 9.17) is 0 Å². The Morgan fingerprint density at radius 2 is 0.686 bits per heavy atom. The summed E-state index contributed by atoms with van der Waals surface area (Å²) in [6, 6.07) is 88.4. The zero-order valence-corrected chi connectivity index (χ0v) is 40.0. The highest BCUT2D eigenvalue weighted by atomic mass is 15.1. The van der Waals surface area contributed by atoms with Crippen LogP contribution >= 0.6 is 0 Å². The van der Waals surface area contributed by atoms with Crippen molar-refractivity contribution in [2.75, 3.05) is 4.90 Å². The second kappa shape index (κ2) is 16.9. The highest BCUT2D eigenvalue weighted by Gasteiger charge is 2.44. The van der Waals surface area contributed by atoms with Gasteiger partial charge in [0.1, 0.15) is 0 Å². The van der Waals surface area contributed by atoms with Crippen LogP contribution in [0.1, 0.15) is 68.2 Å². The van der Waals surface area contributed by atoms with Crippen molar-refractivity contribution in [3.05, 3.63) is 259 Å². The first kappa shape index (κ1) is 42.1. The SMILES string of the molecule is CC1(C)c2ccccc2-c2cccc(-c3ccccc3-c3ccc(N(c4ccc(-c5ccc(-c6ccc(-c7ccccc7)cc6)cc5)cc4)c4ccc5c(c4)C4(CCCCC4)c4ccccc4-5)cc3)c21. The molecule has 0 aromatic heterocycles. The maximum absolute atomic E-state index is 2.54. The van der Waals surface area contributed by atoms with E-state index in [1.165, 1.54) is 138 Å². The molecule has 1 heteroatoms. The molecule has 1 spiro atoms. The van der Waals surface area contributed by atoms with Gasteiger partial charge in [0, 0.05) is 27.9 Å². The maximum atomic E-state index is 2.54. The fourth-order valence-corrected chi connectivity index (χ4v) is 12.7. The van der Waals surface area contributed by atoms with Crippen LogP contribution in [0.15, 0.2) is 237 Å². The predicted octanol–water partition coefficient (Wildman–Crippen LogP) is 19.0. The second-order valence-electron chi connectivity index (χ2n) is 20.3. The molecule has 0 saturated heterocycles. The van der Waals surface area contributed by atoms with Crippen LogP contribution in [0.2, 0.25) is 0 Å². The Kier molecular flexibility index (Phi) is 10.2. The lowest BCUT2D eigenvalue weighted by atomic mass is 9.68. The molecular weight excluding hydrogens is 843 g/mol. The normalized spacial score (nSPS) is 14.7. The average molecular weight is 898 g/mol. The highest BCUT2D eigenvalue weighted by molar-refractivity contribution is 5.94. The van der Waals surface area contributed by atoms with Gasteiger partial charge < -0.3 is 4.90 Å². The summed E-state index contributed by atoms with van der Waals surface area (Å²) in [7, 11) is 0. The first-order valence-corrected chi connectivity index (χ1v) is 25.3. The minimum Gasteiger partial charge on any atom is -0.310 e. The molecule has 0 unspecified atom stereocenters. The number of fused-ring (bicyclic) bond motifs is 8. The molecule has 70 heavy (non-hydrogen) atoms. The Morgan fingerprint density at radius 1 is 0.286 bits per heavy atom. The van der Waals surface area contributed by atoms with Crippen molar-refractivity contribution in [2.45, 2.75) is 56.8 Å². The molecule has 0 N–H and O–H groups in total. The van der Waals surface area contributed by atoms with E-state index in [9.17, 15) is 0 Å². The van der Waals surface area contributed by atoms with Crippen molar-refractivity contribution in [1.29, 1.82) is 0 Å². The topological polar surface area (TPSA) is 3.24 Å². The largest absolute Gasteiger partial charge is 0.310 e. The molecule has 10 aromatic rings. The molecule has 0 amide bonds. The summed E-state index contributed by atoms with van der Waals surface area (Å²) in [5.74, 6) is 0. The third-order valence-electron chi connectivity index (χ3n) is 16.1. The molecule has 13 rings (SSSR count). The van der Waals surface area contributed by atoms with Gasteiger partial charge in [0.2, 0.25) is 0 Å². The molecule has 1 fully saturated rings. The van der Waals surface area contributed by atoms with Crippen LogP contribution in [-0.2, 0) is 10.8 Å². The summed E-state index contributed by atoms with van der Waals surface area (Å²) < 4.78 is 0. The molecule has 0 bridgehead atoms. The third-order valence-corrected chi connectivity index (χ3v) is 16.1. The van der Waals surface area contributed by atoms with Gasteiger partial charge in [0.15, 0.2) is 0 Å². The molecule has 10 aromatic carbocycles. The fourth-order valence-electron chi connectivity index (χ4n) is 12.7. The van der Waals surface area contributed by atoms with Gasteiger partial charge in [-0.15, -0.1) is 0 Å². The van der Waals surface area contributed by atoms with Crippen LogP contribution in [0, 0.1) is 0 Å². The Morgan fingerprint density at radius 3 is 1.27 bits per heavy atom. The van der Waals surface area contributed by atoms with Crippen molar-refractivity contribution in [3.8, 4) is 77.9 Å². The van der Waals surface area contributed by atoms with Gasteiger partial charge in [-0.3, -0.25) is 0 Å². The van der Waals surface area contributed by atoms with E-state index in [-0.39, 0.29) is 10.8 Å². The van der Waals surface area contributed by atoms with Gasteiger partial charge in [-0.2, -0.15) is 0 Å². The zero-order valence-electron chi connectivity index (χ0n) is 40.0. The van der Waals surface area contributed by atoms with E-state index in [1.54, 1.807) is 0 Å². The number of nitrogens with zero attached hydrogens (tertiary/aromatic N) is 1. The Labute approximate surface area is 413 Å². The van der Waals surface area contributed by atoms with E-state index >= 15 is 0 Å². The van der Waals surface area contributed by atoms with Crippen LogP contribution < -0.4 is 4.90 Å². The second-order valence-corrected chi connectivity index (χ2v) is 20.3. The van der Waals surface area contributed by atoms with E-state index in [2.05, 4.69) is 255 Å². The van der Waals surface area contributed by atoms with Crippen molar-refractivity contribution >= 4 is 17.1 Å². The van der Waals surface area contributed by atoms with Gasteiger partial charge >= 0.3 is 0 Å². The van der Waals surface area contributed by atoms with Gasteiger partial charge in [-0.1, -0.05) is 233 Å². The lowest BCUT2D eigenvalue weighted by Gasteiger charge is -2.36. The molecule has 1 saturated carbocycles. The monoisotopic (exact) mass is 897 g/mol. The van der Waals surface area contributed by atoms with E-state index in [0.717, 1.165) is 11.4 Å². The molecule has 0 aliphatic heterocycles. The fraction of sp³-hybridized carbons (Fsp3) is 0.130. The van der Waals surface area contributed by atoms with Crippen molar-refractivity contribution in [3.63, 3.8) is 0 Å². The Hall–Kier alpha value is -8.00. The van der Waals surface area contributed by atoms with Crippen molar-refractivity contribution in [1.82, 2.24) is 0 Å². The minimum atomic E-state index is -0.109. The molecule has 0 heterocycles. The van der Waals surface area contributed by atoms with Gasteiger partial charge in [0.05, 0.1) is 0 Å². The number of hydrogen-bond acceptors (Lipinski definition) is 1. The smallest absolute Gasteiger partial charge is 0.0465 e. The number of anilines is 3. The summed E-state index contributed by atoms with van der Waals surface area (Å²) in [4.78, 5) is 2.48. The minimum absolute atomic E-state index is 0.0624. The zero-order chi connectivity index (χ0) is 46.8. The Balaban J connectivity index is 0.869. The van der Waals surface area contributed by atoms with E-state index < -0.39 is 0 Å². The van der Waals surface area contributed by atoms with Crippen molar-refractivity contribution < 1.29 is 0 Å². The van der Waals surface area contributed by atoms with Crippen LogP contribution in [0.4, 0.5) is 17.1 Å². The Bertz CT molecular complexity index is 3550. The third kappa shape index (κ3) is 6.90. The molecule has 3 aliphatic carbocycles. The van der Waals surface area contributed by atoms with Gasteiger partial charge in [-0.25, -0.2) is 0 Å². The van der Waals surface area contributed by atoms with Crippen LogP contribution in [0.3, 0.4) is 0 Å². The first-order chi connectivity index (χ1) is 34.4. The lowest BCUT2D eigenvalue weighted by Crippen LogP contribution is -2.28. The number of rotatable bonds is 8.